The van der Waals surface area contributed by atoms with Crippen LogP contribution in [0.3, 0.4) is 0 Å². The normalized spacial score (nSPS) is 11.8. The fourth-order valence-electron chi connectivity index (χ4n) is 2.37. The van der Waals surface area contributed by atoms with Gasteiger partial charge in [-0.2, -0.15) is 0 Å². The van der Waals surface area contributed by atoms with Crippen LogP contribution < -0.4 is 4.74 Å². The highest BCUT2D eigenvalue weighted by molar-refractivity contribution is 5.91. The highest BCUT2D eigenvalue weighted by Gasteiger charge is 2.21. The van der Waals surface area contributed by atoms with Crippen molar-refractivity contribution in [3.8, 4) is 5.75 Å². The van der Waals surface area contributed by atoms with Gasteiger partial charge >= 0.3 is 5.97 Å². The lowest BCUT2D eigenvalue weighted by Crippen LogP contribution is -2.25. The molecule has 0 spiro atoms. The molecule has 0 aliphatic heterocycles. The third kappa shape index (κ3) is 7.87. The second-order valence-corrected chi connectivity index (χ2v) is 7.56. The molecular formula is C24H30O4. The summed E-state index contributed by atoms with van der Waals surface area (Å²) in [7, 11) is 0. The van der Waals surface area contributed by atoms with E-state index >= 15 is 0 Å². The Hall–Kier alpha value is -2.75. The van der Waals surface area contributed by atoms with E-state index in [4.69, 9.17) is 14.2 Å². The second-order valence-electron chi connectivity index (χ2n) is 7.56. The molecule has 150 valence electrons. The van der Waals surface area contributed by atoms with Gasteiger partial charge in [-0.1, -0.05) is 55.8 Å². The highest BCUT2D eigenvalue weighted by atomic mass is 16.6. The van der Waals surface area contributed by atoms with Crippen molar-refractivity contribution < 1.29 is 19.0 Å². The maximum absolute atomic E-state index is 12.4. The predicted molar refractivity (Wildman–Crippen MR) is 112 cm³/mol. The zero-order valence-electron chi connectivity index (χ0n) is 17.2. The predicted octanol–water partition coefficient (Wildman–Crippen LogP) is 5.76. The maximum Gasteiger partial charge on any atom is 0.374 e. The van der Waals surface area contributed by atoms with Gasteiger partial charge in [0.15, 0.2) is 0 Å². The number of ether oxygens (including phenoxy) is 3. The standard InChI is InChI=1S/C24H30O4/c1-5-6-16-26-22(23(25)28-24(2,3)4)17-19-12-14-21(15-13-19)27-18-20-10-8-7-9-11-20/h7-15,17H,5-6,16,18H2,1-4H3. The molecule has 0 aromatic heterocycles. The summed E-state index contributed by atoms with van der Waals surface area (Å²) in [4.78, 5) is 12.4. The Kier molecular flexibility index (Phi) is 8.12. The van der Waals surface area contributed by atoms with Crippen LogP contribution >= 0.6 is 0 Å². The number of hydrogen-bond donors (Lipinski definition) is 0. The van der Waals surface area contributed by atoms with Gasteiger partial charge in [0.05, 0.1) is 6.61 Å². The molecule has 2 aromatic rings. The van der Waals surface area contributed by atoms with E-state index in [-0.39, 0.29) is 5.76 Å². The van der Waals surface area contributed by atoms with E-state index in [1.165, 1.54) is 0 Å². The van der Waals surface area contributed by atoms with Gasteiger partial charge < -0.3 is 14.2 Å². The Morgan fingerprint density at radius 1 is 1.00 bits per heavy atom. The van der Waals surface area contributed by atoms with Crippen molar-refractivity contribution in [2.75, 3.05) is 6.61 Å². The Labute approximate surface area is 168 Å². The first-order chi connectivity index (χ1) is 13.4. The topological polar surface area (TPSA) is 44.8 Å². The number of unbranched alkanes of at least 4 members (excludes halogenated alkanes) is 1. The van der Waals surface area contributed by atoms with Gasteiger partial charge in [0.2, 0.25) is 5.76 Å². The van der Waals surface area contributed by atoms with Crippen LogP contribution in [0.15, 0.2) is 60.4 Å². The van der Waals surface area contributed by atoms with E-state index in [9.17, 15) is 4.79 Å². The summed E-state index contributed by atoms with van der Waals surface area (Å²) in [5, 5.41) is 0. The van der Waals surface area contributed by atoms with E-state index in [1.807, 2.05) is 75.4 Å². The molecule has 28 heavy (non-hydrogen) atoms. The van der Waals surface area contributed by atoms with Crippen molar-refractivity contribution in [1.29, 1.82) is 0 Å². The second kappa shape index (κ2) is 10.5. The molecule has 0 saturated carbocycles. The molecule has 4 nitrogen and oxygen atoms in total. The number of rotatable bonds is 9. The minimum atomic E-state index is -0.570. The summed E-state index contributed by atoms with van der Waals surface area (Å²) in [6, 6.07) is 17.6. The molecule has 0 amide bonds. The molecule has 0 saturated heterocycles. The number of hydrogen-bond acceptors (Lipinski definition) is 4. The fraction of sp³-hybridized carbons (Fsp3) is 0.375. The molecule has 0 aliphatic rings. The summed E-state index contributed by atoms with van der Waals surface area (Å²) in [5.41, 5.74) is 1.40. The Balaban J connectivity index is 2.05. The molecule has 0 radical (unpaired) electrons. The minimum Gasteiger partial charge on any atom is -0.489 e. The van der Waals surface area contributed by atoms with Crippen LogP contribution in [0.5, 0.6) is 5.75 Å². The summed E-state index contributed by atoms with van der Waals surface area (Å²) in [5.74, 6) is 0.543. The Morgan fingerprint density at radius 3 is 2.29 bits per heavy atom. The Morgan fingerprint density at radius 2 is 1.68 bits per heavy atom. The van der Waals surface area contributed by atoms with Crippen molar-refractivity contribution in [1.82, 2.24) is 0 Å². The maximum atomic E-state index is 12.4. The molecule has 0 atom stereocenters. The number of carbonyl (C=O) groups is 1. The quantitative estimate of drug-likeness (QED) is 0.239. The first kappa shape index (κ1) is 21.5. The summed E-state index contributed by atoms with van der Waals surface area (Å²) in [6.07, 6.45) is 3.59. The van der Waals surface area contributed by atoms with Crippen molar-refractivity contribution >= 4 is 12.0 Å². The van der Waals surface area contributed by atoms with E-state index in [0.717, 1.165) is 29.7 Å². The molecule has 0 N–H and O–H groups in total. The largest absolute Gasteiger partial charge is 0.489 e. The van der Waals surface area contributed by atoms with Crippen LogP contribution in [0.2, 0.25) is 0 Å². The number of esters is 1. The monoisotopic (exact) mass is 382 g/mol. The number of benzene rings is 2. The first-order valence-corrected chi connectivity index (χ1v) is 9.72. The zero-order chi connectivity index (χ0) is 20.4. The van der Waals surface area contributed by atoms with Gasteiger partial charge in [0.1, 0.15) is 18.0 Å². The van der Waals surface area contributed by atoms with Crippen LogP contribution in [0.4, 0.5) is 0 Å². The van der Waals surface area contributed by atoms with Crippen molar-refractivity contribution in [3.63, 3.8) is 0 Å². The van der Waals surface area contributed by atoms with Gasteiger partial charge in [-0.3, -0.25) is 0 Å². The molecule has 4 heteroatoms. The average molecular weight is 383 g/mol. The Bertz CT molecular complexity index is 755. The summed E-state index contributed by atoms with van der Waals surface area (Å²) < 4.78 is 16.9. The smallest absolute Gasteiger partial charge is 0.374 e. The molecule has 0 aliphatic carbocycles. The molecular weight excluding hydrogens is 352 g/mol. The van der Waals surface area contributed by atoms with Gasteiger partial charge in [0.25, 0.3) is 0 Å². The molecule has 2 rings (SSSR count). The van der Waals surface area contributed by atoms with Crippen LogP contribution in [0.1, 0.15) is 51.7 Å². The average Bonchev–Trinajstić information content (AvgIpc) is 2.66. The van der Waals surface area contributed by atoms with Crippen molar-refractivity contribution in [3.05, 3.63) is 71.5 Å². The van der Waals surface area contributed by atoms with E-state index < -0.39 is 11.6 Å². The highest BCUT2D eigenvalue weighted by Crippen LogP contribution is 2.19. The van der Waals surface area contributed by atoms with Crippen LogP contribution in [0.25, 0.3) is 6.08 Å². The SMILES string of the molecule is CCCCOC(=Cc1ccc(OCc2ccccc2)cc1)C(=O)OC(C)(C)C. The van der Waals surface area contributed by atoms with E-state index in [2.05, 4.69) is 6.92 Å². The van der Waals surface area contributed by atoms with E-state index in [1.54, 1.807) is 6.08 Å². The van der Waals surface area contributed by atoms with Crippen LogP contribution in [-0.2, 0) is 20.9 Å². The van der Waals surface area contributed by atoms with E-state index in [0.29, 0.717) is 13.2 Å². The van der Waals surface area contributed by atoms with Crippen molar-refractivity contribution in [2.45, 2.75) is 52.7 Å². The third-order valence-corrected chi connectivity index (χ3v) is 3.78. The number of carbonyl (C=O) groups excluding carboxylic acids is 1. The molecule has 0 bridgehead atoms. The lowest BCUT2D eigenvalue weighted by atomic mass is 10.1. The zero-order valence-corrected chi connectivity index (χ0v) is 17.2. The fourth-order valence-corrected chi connectivity index (χ4v) is 2.37. The molecule has 2 aromatic carbocycles. The van der Waals surface area contributed by atoms with Gasteiger partial charge in [-0.15, -0.1) is 0 Å². The van der Waals surface area contributed by atoms with Crippen LogP contribution in [-0.4, -0.2) is 18.2 Å². The molecule has 0 unspecified atom stereocenters. The van der Waals surface area contributed by atoms with Crippen molar-refractivity contribution in [2.24, 2.45) is 0 Å². The molecule has 0 heterocycles. The lowest BCUT2D eigenvalue weighted by molar-refractivity contribution is -0.154. The first-order valence-electron chi connectivity index (χ1n) is 9.72. The lowest BCUT2D eigenvalue weighted by Gasteiger charge is -2.20. The molecule has 0 fully saturated rings. The third-order valence-electron chi connectivity index (χ3n) is 3.78. The van der Waals surface area contributed by atoms with Gasteiger partial charge in [-0.05, 0) is 56.5 Å². The van der Waals surface area contributed by atoms with Gasteiger partial charge in [-0.25, -0.2) is 4.79 Å². The van der Waals surface area contributed by atoms with Crippen LogP contribution in [0, 0.1) is 0 Å². The summed E-state index contributed by atoms with van der Waals surface area (Å²) in [6.45, 7) is 8.60. The van der Waals surface area contributed by atoms with Gasteiger partial charge in [0, 0.05) is 0 Å². The summed E-state index contributed by atoms with van der Waals surface area (Å²) >= 11 is 0. The minimum absolute atomic E-state index is 0.223.